The van der Waals surface area contributed by atoms with Gasteiger partial charge in [-0.05, 0) is 44.0 Å². The Bertz CT molecular complexity index is 518. The molecule has 5 nitrogen and oxygen atoms in total. The summed E-state index contributed by atoms with van der Waals surface area (Å²) in [6.45, 7) is 1.50. The average Bonchev–Trinajstić information content (AvgIpc) is 2.42. The predicted molar refractivity (Wildman–Crippen MR) is 79.5 cm³/mol. The van der Waals surface area contributed by atoms with Crippen LogP contribution in [0.4, 0.5) is 10.5 Å². The highest BCUT2D eigenvalue weighted by Crippen LogP contribution is 2.12. The van der Waals surface area contributed by atoms with Gasteiger partial charge in [0.25, 0.3) is 0 Å². The summed E-state index contributed by atoms with van der Waals surface area (Å²) in [5, 5.41) is 5.60. The maximum Gasteiger partial charge on any atom is 0.319 e. The van der Waals surface area contributed by atoms with Crippen molar-refractivity contribution >= 4 is 28.3 Å². The van der Waals surface area contributed by atoms with Crippen LogP contribution in [0.3, 0.4) is 0 Å². The summed E-state index contributed by atoms with van der Waals surface area (Å²) < 4.78 is 11.2. The number of hydrogen-bond donors (Lipinski definition) is 2. The SMILES string of the molecule is CC(=O)c1ccc(NC(=O)NC2CCS(=O)CC2)cc1. The van der Waals surface area contributed by atoms with Gasteiger partial charge in [-0.15, -0.1) is 0 Å². The van der Waals surface area contributed by atoms with Crippen LogP contribution in [0.5, 0.6) is 0 Å². The van der Waals surface area contributed by atoms with E-state index in [-0.39, 0.29) is 17.9 Å². The first-order valence-corrected chi connectivity index (χ1v) is 8.07. The minimum Gasteiger partial charge on any atom is -0.335 e. The van der Waals surface area contributed by atoms with Crippen LogP contribution in [-0.2, 0) is 10.8 Å². The first kappa shape index (κ1) is 14.7. The van der Waals surface area contributed by atoms with E-state index in [4.69, 9.17) is 0 Å². The van der Waals surface area contributed by atoms with Crippen molar-refractivity contribution in [1.29, 1.82) is 0 Å². The molecule has 1 aliphatic heterocycles. The van der Waals surface area contributed by atoms with E-state index in [0.717, 1.165) is 12.8 Å². The Morgan fingerprint density at radius 2 is 1.75 bits per heavy atom. The normalized spacial score (nSPS) is 22.1. The van der Waals surface area contributed by atoms with Crippen molar-refractivity contribution in [3.05, 3.63) is 29.8 Å². The highest BCUT2D eigenvalue weighted by atomic mass is 32.2. The summed E-state index contributed by atoms with van der Waals surface area (Å²) in [6.07, 6.45) is 1.51. The van der Waals surface area contributed by atoms with Gasteiger partial charge in [-0.2, -0.15) is 0 Å². The number of anilines is 1. The smallest absolute Gasteiger partial charge is 0.319 e. The van der Waals surface area contributed by atoms with Gasteiger partial charge in [0.2, 0.25) is 0 Å². The van der Waals surface area contributed by atoms with Gasteiger partial charge in [-0.1, -0.05) is 0 Å². The second-order valence-corrected chi connectivity index (χ2v) is 6.55. The zero-order valence-corrected chi connectivity index (χ0v) is 12.2. The van der Waals surface area contributed by atoms with Crippen LogP contribution in [0.25, 0.3) is 0 Å². The lowest BCUT2D eigenvalue weighted by atomic mass is 10.1. The molecule has 6 heteroatoms. The van der Waals surface area contributed by atoms with E-state index >= 15 is 0 Å². The number of rotatable bonds is 3. The van der Waals surface area contributed by atoms with E-state index in [2.05, 4.69) is 10.6 Å². The standard InChI is InChI=1S/C14H18N2O3S/c1-10(17)11-2-4-12(5-3-11)15-14(18)16-13-6-8-20(19)9-7-13/h2-5,13H,6-9H2,1H3,(H2,15,16,18). The number of ketones is 1. The summed E-state index contributed by atoms with van der Waals surface area (Å²) in [5.74, 6) is 1.30. The molecule has 1 aromatic rings. The summed E-state index contributed by atoms with van der Waals surface area (Å²) in [5.41, 5.74) is 1.26. The van der Waals surface area contributed by atoms with Gasteiger partial charge < -0.3 is 10.6 Å². The van der Waals surface area contributed by atoms with Gasteiger partial charge in [-0.25, -0.2) is 4.79 Å². The molecule has 1 saturated heterocycles. The van der Waals surface area contributed by atoms with E-state index < -0.39 is 10.8 Å². The number of hydrogen-bond acceptors (Lipinski definition) is 3. The molecular weight excluding hydrogens is 276 g/mol. The first-order valence-electron chi connectivity index (χ1n) is 6.58. The van der Waals surface area contributed by atoms with E-state index in [1.54, 1.807) is 24.3 Å². The molecule has 108 valence electrons. The van der Waals surface area contributed by atoms with E-state index in [9.17, 15) is 13.8 Å². The van der Waals surface area contributed by atoms with E-state index in [1.807, 2.05) is 0 Å². The molecule has 0 saturated carbocycles. The Kier molecular flexibility index (Phi) is 4.89. The number of Topliss-reactive ketones (excluding diaryl/α,β-unsaturated/α-hetero) is 1. The molecule has 0 unspecified atom stereocenters. The van der Waals surface area contributed by atoms with Crippen molar-refractivity contribution in [2.45, 2.75) is 25.8 Å². The minimum atomic E-state index is -0.724. The highest BCUT2D eigenvalue weighted by Gasteiger charge is 2.19. The maximum atomic E-state index is 11.8. The molecular formula is C14H18N2O3S. The number of carbonyl (C=O) groups is 2. The Morgan fingerprint density at radius 3 is 2.30 bits per heavy atom. The van der Waals surface area contributed by atoms with Gasteiger partial charge in [-0.3, -0.25) is 9.00 Å². The molecule has 1 heterocycles. The maximum absolute atomic E-state index is 11.8. The Hall–Kier alpha value is -1.69. The number of benzene rings is 1. The number of carbonyl (C=O) groups excluding carboxylic acids is 2. The number of urea groups is 1. The number of amides is 2. The molecule has 2 amide bonds. The quantitative estimate of drug-likeness (QED) is 0.836. The largest absolute Gasteiger partial charge is 0.335 e. The molecule has 20 heavy (non-hydrogen) atoms. The van der Waals surface area contributed by atoms with Crippen LogP contribution in [0.2, 0.25) is 0 Å². The van der Waals surface area contributed by atoms with E-state index in [0.29, 0.717) is 22.8 Å². The Labute approximate surface area is 120 Å². The fraction of sp³-hybridized carbons (Fsp3) is 0.429. The van der Waals surface area contributed by atoms with Gasteiger partial charge in [0.15, 0.2) is 5.78 Å². The van der Waals surface area contributed by atoms with Crippen LogP contribution in [0.1, 0.15) is 30.1 Å². The first-order chi connectivity index (χ1) is 9.54. The van der Waals surface area contributed by atoms with Crippen molar-refractivity contribution in [3.8, 4) is 0 Å². The predicted octanol–water partition coefficient (Wildman–Crippen LogP) is 1.92. The summed E-state index contributed by atoms with van der Waals surface area (Å²) in [7, 11) is -0.724. The highest BCUT2D eigenvalue weighted by molar-refractivity contribution is 7.85. The molecule has 2 N–H and O–H groups in total. The van der Waals surface area contributed by atoms with Gasteiger partial charge in [0, 0.05) is 39.6 Å². The summed E-state index contributed by atoms with van der Waals surface area (Å²) in [6, 6.07) is 6.59. The molecule has 1 aromatic carbocycles. The van der Waals surface area contributed by atoms with Crippen LogP contribution in [0.15, 0.2) is 24.3 Å². The fourth-order valence-electron chi connectivity index (χ4n) is 2.08. The molecule has 1 fully saturated rings. The molecule has 0 atom stereocenters. The summed E-state index contributed by atoms with van der Waals surface area (Å²) in [4.78, 5) is 23.0. The Morgan fingerprint density at radius 1 is 1.15 bits per heavy atom. The minimum absolute atomic E-state index is 0.00351. The molecule has 0 bridgehead atoms. The summed E-state index contributed by atoms with van der Waals surface area (Å²) >= 11 is 0. The van der Waals surface area contributed by atoms with Crippen LogP contribution >= 0.6 is 0 Å². The molecule has 0 radical (unpaired) electrons. The monoisotopic (exact) mass is 294 g/mol. The van der Waals surface area contributed by atoms with Crippen molar-refractivity contribution in [2.75, 3.05) is 16.8 Å². The third kappa shape index (κ3) is 4.16. The zero-order chi connectivity index (χ0) is 14.5. The molecule has 0 aliphatic carbocycles. The second kappa shape index (κ2) is 6.65. The molecule has 2 rings (SSSR count). The lowest BCUT2D eigenvalue weighted by Crippen LogP contribution is -2.41. The van der Waals surface area contributed by atoms with Crippen molar-refractivity contribution in [2.24, 2.45) is 0 Å². The van der Waals surface area contributed by atoms with Crippen LogP contribution < -0.4 is 10.6 Å². The zero-order valence-electron chi connectivity index (χ0n) is 11.3. The van der Waals surface area contributed by atoms with Crippen molar-refractivity contribution < 1.29 is 13.8 Å². The fourth-order valence-corrected chi connectivity index (χ4v) is 3.38. The van der Waals surface area contributed by atoms with Crippen LogP contribution in [0, 0.1) is 0 Å². The second-order valence-electron chi connectivity index (χ2n) is 4.85. The lowest BCUT2D eigenvalue weighted by Gasteiger charge is -2.22. The number of nitrogens with one attached hydrogen (secondary N) is 2. The van der Waals surface area contributed by atoms with Crippen molar-refractivity contribution in [3.63, 3.8) is 0 Å². The van der Waals surface area contributed by atoms with Crippen molar-refractivity contribution in [1.82, 2.24) is 5.32 Å². The Balaban J connectivity index is 1.85. The van der Waals surface area contributed by atoms with Gasteiger partial charge in [0.05, 0.1) is 0 Å². The van der Waals surface area contributed by atoms with Gasteiger partial charge in [0.1, 0.15) is 0 Å². The molecule has 1 aliphatic rings. The van der Waals surface area contributed by atoms with Gasteiger partial charge >= 0.3 is 6.03 Å². The molecule has 0 spiro atoms. The topological polar surface area (TPSA) is 75.3 Å². The lowest BCUT2D eigenvalue weighted by molar-refractivity contribution is 0.101. The third-order valence-corrected chi connectivity index (χ3v) is 4.65. The average molecular weight is 294 g/mol. The van der Waals surface area contributed by atoms with Crippen LogP contribution in [-0.4, -0.2) is 33.6 Å². The third-order valence-electron chi connectivity index (χ3n) is 3.27. The van der Waals surface area contributed by atoms with E-state index in [1.165, 1.54) is 6.92 Å². The molecule has 0 aromatic heterocycles.